The van der Waals surface area contributed by atoms with Gasteiger partial charge in [0.05, 0.1) is 11.3 Å². The van der Waals surface area contributed by atoms with Crippen molar-refractivity contribution in [2.45, 2.75) is 24.9 Å². The molecule has 0 saturated carbocycles. The van der Waals surface area contributed by atoms with Gasteiger partial charge in [0.15, 0.2) is 5.82 Å². The molecule has 150 valence electrons. The van der Waals surface area contributed by atoms with E-state index >= 15 is 0 Å². The van der Waals surface area contributed by atoms with Gasteiger partial charge < -0.3 is 5.11 Å². The summed E-state index contributed by atoms with van der Waals surface area (Å²) < 4.78 is 0. The largest absolute Gasteiger partial charge is 0.376 e. The third kappa shape index (κ3) is 3.85. The number of rotatable bonds is 3. The molecule has 1 unspecified atom stereocenters. The summed E-state index contributed by atoms with van der Waals surface area (Å²) in [5.41, 5.74) is 2.58. The molecule has 2 aromatic heterocycles. The summed E-state index contributed by atoms with van der Waals surface area (Å²) in [6.07, 6.45) is 6.19. The minimum atomic E-state index is -0.944. The maximum atomic E-state index is 11.2. The average Bonchev–Trinajstić information content (AvgIpc) is 2.80. The number of aromatic nitrogens is 3. The number of piperidine rings is 3. The Balaban J connectivity index is 1.51. The fraction of sp³-hybridized carbons (Fsp3) is 0.320. The summed E-state index contributed by atoms with van der Waals surface area (Å²) in [5.74, 6) is 7.28. The molecule has 6 rings (SSSR count). The van der Waals surface area contributed by atoms with E-state index in [-0.39, 0.29) is 5.92 Å². The minimum absolute atomic E-state index is 0.251. The molecule has 0 spiro atoms. The Kier molecular flexibility index (Phi) is 5.04. The number of fused-ring (bicyclic) bond motifs is 3. The molecule has 0 aliphatic carbocycles. The van der Waals surface area contributed by atoms with E-state index in [0.29, 0.717) is 18.8 Å². The SMILES string of the molecule is OC1(C#Cc2cnc(-c3ccccn3)nc2Cc2ccccc2)CN2CCC1CC2. The van der Waals surface area contributed by atoms with Gasteiger partial charge in [-0.25, -0.2) is 9.97 Å². The van der Waals surface area contributed by atoms with Gasteiger partial charge in [-0.3, -0.25) is 9.88 Å². The molecule has 2 bridgehead atoms. The van der Waals surface area contributed by atoms with Crippen LogP contribution in [0.5, 0.6) is 0 Å². The summed E-state index contributed by atoms with van der Waals surface area (Å²) in [6.45, 7) is 2.76. The normalized spacial score (nSPS) is 24.8. The van der Waals surface area contributed by atoms with E-state index in [1.807, 2.05) is 36.4 Å². The smallest absolute Gasteiger partial charge is 0.178 e. The van der Waals surface area contributed by atoms with Crippen molar-refractivity contribution in [3.63, 3.8) is 0 Å². The van der Waals surface area contributed by atoms with Gasteiger partial charge in [0.1, 0.15) is 11.3 Å². The summed E-state index contributed by atoms with van der Waals surface area (Å²) in [6, 6.07) is 15.9. The highest BCUT2D eigenvalue weighted by Gasteiger charge is 2.44. The van der Waals surface area contributed by atoms with Crippen LogP contribution >= 0.6 is 0 Å². The molecular weight excluding hydrogens is 372 g/mol. The van der Waals surface area contributed by atoms with Crippen LogP contribution in [0.2, 0.25) is 0 Å². The molecule has 1 aromatic carbocycles. The summed E-state index contributed by atoms with van der Waals surface area (Å²) in [7, 11) is 0. The average molecular weight is 396 g/mol. The molecule has 3 aliphatic rings. The molecule has 3 aliphatic heterocycles. The second-order valence-corrected chi connectivity index (χ2v) is 8.16. The highest BCUT2D eigenvalue weighted by Crippen LogP contribution is 2.35. The molecule has 1 atom stereocenters. The Hall–Kier alpha value is -3.07. The highest BCUT2D eigenvalue weighted by atomic mass is 16.3. The first-order valence-electron chi connectivity index (χ1n) is 10.5. The standard InChI is InChI=1S/C25H24N4O/c30-25(18-29-14-10-21(25)11-15-29)12-9-20-17-27-24(22-8-4-5-13-26-22)28-23(20)16-19-6-2-1-3-7-19/h1-8,13,17,21,30H,10-11,14-16,18H2. The fourth-order valence-corrected chi connectivity index (χ4v) is 4.42. The monoisotopic (exact) mass is 396 g/mol. The lowest BCUT2D eigenvalue weighted by Crippen LogP contribution is -2.58. The highest BCUT2D eigenvalue weighted by molar-refractivity contribution is 5.51. The second kappa shape index (κ2) is 7.98. The van der Waals surface area contributed by atoms with Gasteiger partial charge in [-0.2, -0.15) is 0 Å². The predicted octanol–water partition coefficient (Wildman–Crippen LogP) is 2.94. The molecule has 3 aromatic rings. The number of nitrogens with zero attached hydrogens (tertiary/aromatic N) is 4. The van der Waals surface area contributed by atoms with Crippen LogP contribution in [-0.4, -0.2) is 50.2 Å². The van der Waals surface area contributed by atoms with E-state index in [4.69, 9.17) is 4.98 Å². The van der Waals surface area contributed by atoms with E-state index < -0.39 is 5.60 Å². The van der Waals surface area contributed by atoms with Gasteiger partial charge in [0, 0.05) is 31.3 Å². The second-order valence-electron chi connectivity index (χ2n) is 8.16. The minimum Gasteiger partial charge on any atom is -0.376 e. The van der Waals surface area contributed by atoms with Crippen molar-refractivity contribution in [3.8, 4) is 23.4 Å². The zero-order valence-electron chi connectivity index (χ0n) is 16.8. The van der Waals surface area contributed by atoms with Crippen LogP contribution in [0.1, 0.15) is 29.7 Å². The number of benzene rings is 1. The van der Waals surface area contributed by atoms with Crippen LogP contribution in [-0.2, 0) is 6.42 Å². The van der Waals surface area contributed by atoms with Crippen molar-refractivity contribution in [2.24, 2.45) is 5.92 Å². The number of hydrogen-bond acceptors (Lipinski definition) is 5. The van der Waals surface area contributed by atoms with E-state index in [0.717, 1.165) is 48.4 Å². The Morgan fingerprint density at radius 3 is 2.53 bits per heavy atom. The van der Waals surface area contributed by atoms with E-state index in [9.17, 15) is 5.11 Å². The lowest BCUT2D eigenvalue weighted by atomic mass is 9.76. The Labute approximate surface area is 176 Å². The lowest BCUT2D eigenvalue weighted by Gasteiger charge is -2.47. The van der Waals surface area contributed by atoms with E-state index in [1.165, 1.54) is 0 Å². The van der Waals surface area contributed by atoms with Crippen molar-refractivity contribution < 1.29 is 5.11 Å². The first kappa shape index (κ1) is 18.9. The van der Waals surface area contributed by atoms with Gasteiger partial charge in [0.2, 0.25) is 0 Å². The van der Waals surface area contributed by atoms with Crippen LogP contribution in [0.15, 0.2) is 60.9 Å². The molecule has 5 heterocycles. The van der Waals surface area contributed by atoms with Crippen LogP contribution in [0.25, 0.3) is 11.5 Å². The molecule has 5 nitrogen and oxygen atoms in total. The predicted molar refractivity (Wildman–Crippen MR) is 116 cm³/mol. The van der Waals surface area contributed by atoms with Crippen LogP contribution < -0.4 is 0 Å². The quantitative estimate of drug-likeness (QED) is 0.690. The van der Waals surface area contributed by atoms with Gasteiger partial charge in [-0.15, -0.1) is 0 Å². The number of aliphatic hydroxyl groups is 1. The Morgan fingerprint density at radius 2 is 1.83 bits per heavy atom. The molecule has 3 fully saturated rings. The zero-order chi connectivity index (χ0) is 20.4. The lowest BCUT2D eigenvalue weighted by molar-refractivity contribution is -0.0713. The first-order chi connectivity index (χ1) is 14.7. The molecule has 0 radical (unpaired) electrons. The molecule has 3 saturated heterocycles. The molecule has 1 N–H and O–H groups in total. The van der Waals surface area contributed by atoms with Crippen molar-refractivity contribution >= 4 is 0 Å². The number of hydrogen-bond donors (Lipinski definition) is 1. The molecular formula is C25H24N4O. The Morgan fingerprint density at radius 1 is 1.03 bits per heavy atom. The van der Waals surface area contributed by atoms with Gasteiger partial charge in [-0.05, 0) is 43.6 Å². The van der Waals surface area contributed by atoms with Crippen LogP contribution in [0.4, 0.5) is 0 Å². The van der Waals surface area contributed by atoms with Crippen LogP contribution in [0.3, 0.4) is 0 Å². The first-order valence-corrected chi connectivity index (χ1v) is 10.5. The van der Waals surface area contributed by atoms with Crippen LogP contribution in [0, 0.1) is 17.8 Å². The summed E-state index contributed by atoms with van der Waals surface area (Å²) in [5, 5.41) is 11.2. The zero-order valence-corrected chi connectivity index (χ0v) is 16.8. The topological polar surface area (TPSA) is 62.1 Å². The number of pyridine rings is 1. The molecule has 5 heteroatoms. The maximum absolute atomic E-state index is 11.2. The summed E-state index contributed by atoms with van der Waals surface area (Å²) >= 11 is 0. The van der Waals surface area contributed by atoms with E-state index in [1.54, 1.807) is 12.4 Å². The molecule has 30 heavy (non-hydrogen) atoms. The molecule has 0 amide bonds. The van der Waals surface area contributed by atoms with Gasteiger partial charge >= 0.3 is 0 Å². The third-order valence-electron chi connectivity index (χ3n) is 6.12. The van der Waals surface area contributed by atoms with Crippen molar-refractivity contribution in [1.82, 2.24) is 19.9 Å². The summed E-state index contributed by atoms with van der Waals surface area (Å²) in [4.78, 5) is 16.0. The van der Waals surface area contributed by atoms with Gasteiger partial charge in [0.25, 0.3) is 0 Å². The maximum Gasteiger partial charge on any atom is 0.178 e. The van der Waals surface area contributed by atoms with E-state index in [2.05, 4.69) is 38.8 Å². The fourth-order valence-electron chi connectivity index (χ4n) is 4.42. The van der Waals surface area contributed by atoms with Crippen molar-refractivity contribution in [2.75, 3.05) is 19.6 Å². The van der Waals surface area contributed by atoms with Crippen molar-refractivity contribution in [3.05, 3.63) is 77.7 Å². The van der Waals surface area contributed by atoms with Crippen molar-refractivity contribution in [1.29, 1.82) is 0 Å². The third-order valence-corrected chi connectivity index (χ3v) is 6.12. The van der Waals surface area contributed by atoms with Gasteiger partial charge in [-0.1, -0.05) is 48.2 Å². The Bertz CT molecular complexity index is 1080.